The SMILES string of the molecule is NOCC(=O)NCCCCCC(N)=O. The summed E-state index contributed by atoms with van der Waals surface area (Å²) < 4.78 is 0. The normalized spacial score (nSPS) is 9.79. The van der Waals surface area contributed by atoms with E-state index < -0.39 is 0 Å². The summed E-state index contributed by atoms with van der Waals surface area (Å²) in [6.45, 7) is 0.447. The van der Waals surface area contributed by atoms with Crippen LogP contribution < -0.4 is 16.9 Å². The van der Waals surface area contributed by atoms with Gasteiger partial charge in [0.15, 0.2) is 0 Å². The van der Waals surface area contributed by atoms with E-state index in [-0.39, 0.29) is 18.4 Å². The highest BCUT2D eigenvalue weighted by molar-refractivity contribution is 5.77. The Morgan fingerprint density at radius 2 is 1.93 bits per heavy atom. The molecule has 6 heteroatoms. The number of carbonyl (C=O) groups is 2. The number of unbranched alkanes of at least 4 members (excludes halogenated alkanes) is 2. The highest BCUT2D eigenvalue weighted by Crippen LogP contribution is 1.97. The van der Waals surface area contributed by atoms with Gasteiger partial charge in [-0.25, -0.2) is 5.90 Å². The van der Waals surface area contributed by atoms with Gasteiger partial charge in [0.05, 0.1) is 0 Å². The van der Waals surface area contributed by atoms with Crippen molar-refractivity contribution in [2.24, 2.45) is 11.6 Å². The van der Waals surface area contributed by atoms with Gasteiger partial charge in [-0.05, 0) is 12.8 Å². The van der Waals surface area contributed by atoms with E-state index in [1.807, 2.05) is 0 Å². The molecule has 0 aromatic carbocycles. The molecule has 6 nitrogen and oxygen atoms in total. The summed E-state index contributed by atoms with van der Waals surface area (Å²) in [6, 6.07) is 0. The van der Waals surface area contributed by atoms with E-state index in [1.165, 1.54) is 0 Å². The van der Waals surface area contributed by atoms with E-state index in [9.17, 15) is 9.59 Å². The molecule has 2 amide bonds. The van der Waals surface area contributed by atoms with Crippen LogP contribution in [0, 0.1) is 0 Å². The Balaban J connectivity index is 3.13. The molecule has 82 valence electrons. The van der Waals surface area contributed by atoms with Gasteiger partial charge in [-0.15, -0.1) is 0 Å². The third-order valence-corrected chi connectivity index (χ3v) is 1.64. The summed E-state index contributed by atoms with van der Waals surface area (Å²) in [7, 11) is 0. The fraction of sp³-hybridized carbons (Fsp3) is 0.750. The Hall–Kier alpha value is -1.14. The topological polar surface area (TPSA) is 107 Å². The van der Waals surface area contributed by atoms with Gasteiger partial charge in [-0.2, -0.15) is 0 Å². The number of rotatable bonds is 8. The molecule has 0 aromatic heterocycles. The molecule has 0 rings (SSSR count). The summed E-state index contributed by atoms with van der Waals surface area (Å²) >= 11 is 0. The molecule has 0 saturated heterocycles. The number of nitrogens with two attached hydrogens (primary N) is 2. The summed E-state index contributed by atoms with van der Waals surface area (Å²) in [6.07, 6.45) is 2.86. The lowest BCUT2D eigenvalue weighted by Crippen LogP contribution is -2.29. The van der Waals surface area contributed by atoms with Crippen LogP contribution in [0.4, 0.5) is 0 Å². The average Bonchev–Trinajstić information content (AvgIpc) is 2.11. The molecule has 0 fully saturated rings. The van der Waals surface area contributed by atoms with E-state index in [1.54, 1.807) is 0 Å². The van der Waals surface area contributed by atoms with Crippen LogP contribution in [-0.2, 0) is 14.4 Å². The van der Waals surface area contributed by atoms with E-state index in [4.69, 9.17) is 11.6 Å². The molecule has 0 aliphatic rings. The van der Waals surface area contributed by atoms with Crippen molar-refractivity contribution >= 4 is 11.8 Å². The second kappa shape index (κ2) is 8.46. The van der Waals surface area contributed by atoms with Crippen molar-refractivity contribution in [1.82, 2.24) is 5.32 Å². The van der Waals surface area contributed by atoms with Crippen molar-refractivity contribution < 1.29 is 14.4 Å². The number of carbonyl (C=O) groups excluding carboxylic acids is 2. The first-order valence-corrected chi connectivity index (χ1v) is 4.53. The molecule has 5 N–H and O–H groups in total. The number of hydrogen-bond acceptors (Lipinski definition) is 4. The highest BCUT2D eigenvalue weighted by Gasteiger charge is 1.99. The largest absolute Gasteiger partial charge is 0.370 e. The predicted molar refractivity (Wildman–Crippen MR) is 50.8 cm³/mol. The third-order valence-electron chi connectivity index (χ3n) is 1.64. The zero-order valence-electron chi connectivity index (χ0n) is 8.12. The number of hydrogen-bond donors (Lipinski definition) is 3. The fourth-order valence-corrected chi connectivity index (χ4v) is 0.956. The third kappa shape index (κ3) is 8.95. The minimum atomic E-state index is -0.287. The fourth-order valence-electron chi connectivity index (χ4n) is 0.956. The molecule has 14 heavy (non-hydrogen) atoms. The van der Waals surface area contributed by atoms with Crippen LogP contribution in [0.2, 0.25) is 0 Å². The molecule has 0 radical (unpaired) electrons. The van der Waals surface area contributed by atoms with Crippen molar-refractivity contribution in [3.8, 4) is 0 Å². The highest BCUT2D eigenvalue weighted by atomic mass is 16.6. The maximum absolute atomic E-state index is 10.8. The van der Waals surface area contributed by atoms with Gasteiger partial charge in [-0.1, -0.05) is 6.42 Å². The van der Waals surface area contributed by atoms with Gasteiger partial charge in [0.1, 0.15) is 6.61 Å². The summed E-state index contributed by atoms with van der Waals surface area (Å²) in [5.41, 5.74) is 4.96. The molecular weight excluding hydrogens is 186 g/mol. The first-order chi connectivity index (χ1) is 6.66. The quantitative estimate of drug-likeness (QED) is 0.348. The molecule has 0 aliphatic heterocycles. The Morgan fingerprint density at radius 3 is 2.50 bits per heavy atom. The number of amides is 2. The van der Waals surface area contributed by atoms with Crippen LogP contribution in [0.1, 0.15) is 25.7 Å². The molecule has 0 heterocycles. The van der Waals surface area contributed by atoms with E-state index in [0.717, 1.165) is 19.3 Å². The molecule has 0 atom stereocenters. The predicted octanol–water partition coefficient (Wildman–Crippen LogP) is -0.961. The Kier molecular flexibility index (Phi) is 7.77. The van der Waals surface area contributed by atoms with E-state index in [2.05, 4.69) is 10.2 Å². The van der Waals surface area contributed by atoms with Gasteiger partial charge in [0, 0.05) is 13.0 Å². The van der Waals surface area contributed by atoms with Crippen molar-refractivity contribution in [2.45, 2.75) is 25.7 Å². The standard InChI is InChI=1S/C8H17N3O3/c9-7(12)4-2-1-3-5-11-8(13)6-14-10/h1-6,10H2,(H2,9,12)(H,11,13). The summed E-state index contributed by atoms with van der Waals surface area (Å²) in [5.74, 6) is 4.18. The number of primary amides is 1. The molecule has 0 spiro atoms. The summed E-state index contributed by atoms with van der Waals surface area (Å²) in [5, 5.41) is 2.61. The van der Waals surface area contributed by atoms with Gasteiger partial charge in [0.25, 0.3) is 0 Å². The molecule has 0 unspecified atom stereocenters. The van der Waals surface area contributed by atoms with E-state index >= 15 is 0 Å². The van der Waals surface area contributed by atoms with Crippen LogP contribution in [0.3, 0.4) is 0 Å². The van der Waals surface area contributed by atoms with Crippen molar-refractivity contribution in [3.63, 3.8) is 0 Å². The number of nitrogens with one attached hydrogen (secondary N) is 1. The smallest absolute Gasteiger partial charge is 0.248 e. The van der Waals surface area contributed by atoms with Gasteiger partial charge < -0.3 is 11.1 Å². The molecule has 0 saturated carbocycles. The molecule has 0 bridgehead atoms. The van der Waals surface area contributed by atoms with Gasteiger partial charge >= 0.3 is 0 Å². The molecule has 0 aliphatic carbocycles. The maximum Gasteiger partial charge on any atom is 0.248 e. The second-order valence-corrected chi connectivity index (χ2v) is 2.94. The lowest BCUT2D eigenvalue weighted by molar-refractivity contribution is -0.125. The first kappa shape index (κ1) is 12.9. The van der Waals surface area contributed by atoms with Crippen molar-refractivity contribution in [2.75, 3.05) is 13.2 Å². The Labute approximate surface area is 82.9 Å². The van der Waals surface area contributed by atoms with Crippen molar-refractivity contribution in [3.05, 3.63) is 0 Å². The van der Waals surface area contributed by atoms with Crippen molar-refractivity contribution in [1.29, 1.82) is 0 Å². The lowest BCUT2D eigenvalue weighted by Gasteiger charge is -2.03. The van der Waals surface area contributed by atoms with Gasteiger partial charge in [0.2, 0.25) is 11.8 Å². The first-order valence-electron chi connectivity index (χ1n) is 4.53. The zero-order chi connectivity index (χ0) is 10.8. The lowest BCUT2D eigenvalue weighted by atomic mass is 10.2. The van der Waals surface area contributed by atoms with Crippen LogP contribution in [0.15, 0.2) is 0 Å². The monoisotopic (exact) mass is 203 g/mol. The second-order valence-electron chi connectivity index (χ2n) is 2.94. The Morgan fingerprint density at radius 1 is 1.21 bits per heavy atom. The molecule has 0 aromatic rings. The minimum absolute atomic E-state index is 0.124. The average molecular weight is 203 g/mol. The molecular formula is C8H17N3O3. The van der Waals surface area contributed by atoms with Crippen LogP contribution in [-0.4, -0.2) is 25.0 Å². The van der Waals surface area contributed by atoms with Crippen LogP contribution in [0.5, 0.6) is 0 Å². The summed E-state index contributed by atoms with van der Waals surface area (Å²) in [4.78, 5) is 25.3. The Bertz CT molecular complexity index is 185. The van der Waals surface area contributed by atoms with E-state index in [0.29, 0.717) is 13.0 Å². The van der Waals surface area contributed by atoms with Crippen LogP contribution >= 0.6 is 0 Å². The van der Waals surface area contributed by atoms with Crippen LogP contribution in [0.25, 0.3) is 0 Å². The zero-order valence-corrected chi connectivity index (χ0v) is 8.12. The minimum Gasteiger partial charge on any atom is -0.370 e. The maximum atomic E-state index is 10.8. The van der Waals surface area contributed by atoms with Gasteiger partial charge in [-0.3, -0.25) is 14.4 Å².